The number of nitrogens with zero attached hydrogens (tertiary/aromatic N) is 4. The van der Waals surface area contributed by atoms with Gasteiger partial charge in [0.2, 0.25) is 0 Å². The van der Waals surface area contributed by atoms with Gasteiger partial charge in [0.05, 0.1) is 17.3 Å². The summed E-state index contributed by atoms with van der Waals surface area (Å²) in [5.41, 5.74) is 3.32. The lowest BCUT2D eigenvalue weighted by Gasteiger charge is -2.18. The zero-order valence-corrected chi connectivity index (χ0v) is 13.1. The molecule has 7 heteroatoms. The van der Waals surface area contributed by atoms with Gasteiger partial charge < -0.3 is 10.2 Å². The fraction of sp³-hybridized carbons (Fsp3) is 0.200. The van der Waals surface area contributed by atoms with Crippen LogP contribution >= 0.6 is 11.7 Å². The first-order valence-electron chi connectivity index (χ1n) is 6.78. The molecular weight excluding hydrogens is 298 g/mol. The Morgan fingerprint density at radius 2 is 2.09 bits per heavy atom. The molecule has 0 fully saturated rings. The van der Waals surface area contributed by atoms with Crippen molar-refractivity contribution in [1.29, 1.82) is 0 Å². The van der Waals surface area contributed by atoms with Gasteiger partial charge in [0.15, 0.2) is 0 Å². The maximum Gasteiger partial charge on any atom is 0.257 e. The predicted molar refractivity (Wildman–Crippen MR) is 87.0 cm³/mol. The van der Waals surface area contributed by atoms with E-state index in [1.165, 1.54) is 11.7 Å². The van der Waals surface area contributed by atoms with Crippen LogP contribution in [0.4, 0.5) is 5.82 Å². The van der Waals surface area contributed by atoms with Gasteiger partial charge in [-0.2, -0.15) is 8.75 Å². The molecule has 0 aliphatic carbocycles. The molecule has 0 aliphatic heterocycles. The van der Waals surface area contributed by atoms with E-state index < -0.39 is 0 Å². The van der Waals surface area contributed by atoms with Crippen molar-refractivity contribution in [2.24, 2.45) is 0 Å². The highest BCUT2D eigenvalue weighted by Gasteiger charge is 2.16. The lowest BCUT2D eigenvalue weighted by Crippen LogP contribution is -2.27. The average molecular weight is 313 g/mol. The SMILES string of the molecule is CNc1ncccc1C(=O)N(C)Cc1ccc2nsnc2c1. The van der Waals surface area contributed by atoms with Gasteiger partial charge >= 0.3 is 0 Å². The van der Waals surface area contributed by atoms with E-state index in [-0.39, 0.29) is 5.91 Å². The van der Waals surface area contributed by atoms with Crippen LogP contribution in [0.3, 0.4) is 0 Å². The number of hydrogen-bond acceptors (Lipinski definition) is 6. The highest BCUT2D eigenvalue weighted by atomic mass is 32.1. The number of nitrogens with one attached hydrogen (secondary N) is 1. The first-order valence-corrected chi connectivity index (χ1v) is 7.51. The highest BCUT2D eigenvalue weighted by molar-refractivity contribution is 7.00. The predicted octanol–water partition coefficient (Wildman–Crippen LogP) is 2.40. The minimum atomic E-state index is -0.0750. The van der Waals surface area contributed by atoms with E-state index >= 15 is 0 Å². The molecule has 0 unspecified atom stereocenters. The van der Waals surface area contributed by atoms with E-state index in [4.69, 9.17) is 0 Å². The molecule has 0 spiro atoms. The second-order valence-corrected chi connectivity index (χ2v) is 5.43. The number of anilines is 1. The summed E-state index contributed by atoms with van der Waals surface area (Å²) in [5, 5.41) is 2.94. The summed E-state index contributed by atoms with van der Waals surface area (Å²) in [5.74, 6) is 0.507. The van der Waals surface area contributed by atoms with Crippen LogP contribution in [0.25, 0.3) is 11.0 Å². The Bertz CT molecular complexity index is 816. The maximum atomic E-state index is 12.6. The number of pyridine rings is 1. The third-order valence-corrected chi connectivity index (χ3v) is 3.92. The molecule has 1 aromatic carbocycles. The first-order chi connectivity index (χ1) is 10.7. The zero-order chi connectivity index (χ0) is 15.5. The second-order valence-electron chi connectivity index (χ2n) is 4.90. The van der Waals surface area contributed by atoms with Crippen LogP contribution in [0.2, 0.25) is 0 Å². The molecule has 2 aromatic heterocycles. The maximum absolute atomic E-state index is 12.6. The van der Waals surface area contributed by atoms with Crippen LogP contribution < -0.4 is 5.32 Å². The Kier molecular flexibility index (Phi) is 3.97. The molecular formula is C15H15N5OS. The Hall–Kier alpha value is -2.54. The molecule has 2 heterocycles. The summed E-state index contributed by atoms with van der Waals surface area (Å²) >= 11 is 1.19. The normalized spacial score (nSPS) is 10.6. The molecule has 112 valence electrons. The van der Waals surface area contributed by atoms with Crippen LogP contribution in [0, 0.1) is 0 Å². The minimum Gasteiger partial charge on any atom is -0.372 e. The van der Waals surface area contributed by atoms with Crippen molar-refractivity contribution in [3.05, 3.63) is 47.7 Å². The van der Waals surface area contributed by atoms with Gasteiger partial charge in [-0.3, -0.25) is 4.79 Å². The third kappa shape index (κ3) is 2.75. The van der Waals surface area contributed by atoms with Crippen molar-refractivity contribution in [1.82, 2.24) is 18.6 Å². The molecule has 0 atom stereocenters. The molecule has 22 heavy (non-hydrogen) atoms. The molecule has 0 aliphatic rings. The van der Waals surface area contributed by atoms with E-state index in [2.05, 4.69) is 19.0 Å². The van der Waals surface area contributed by atoms with E-state index in [0.717, 1.165) is 16.6 Å². The Labute approximate surface area is 132 Å². The minimum absolute atomic E-state index is 0.0750. The monoisotopic (exact) mass is 313 g/mol. The van der Waals surface area contributed by atoms with Crippen LogP contribution in [-0.4, -0.2) is 38.6 Å². The number of fused-ring (bicyclic) bond motifs is 1. The van der Waals surface area contributed by atoms with E-state index in [9.17, 15) is 4.79 Å². The summed E-state index contributed by atoms with van der Waals surface area (Å²) < 4.78 is 8.40. The molecule has 0 saturated heterocycles. The largest absolute Gasteiger partial charge is 0.372 e. The van der Waals surface area contributed by atoms with Gasteiger partial charge in [-0.25, -0.2) is 4.98 Å². The van der Waals surface area contributed by atoms with Crippen LogP contribution in [0.1, 0.15) is 15.9 Å². The molecule has 3 aromatic rings. The van der Waals surface area contributed by atoms with Gasteiger partial charge in [0.25, 0.3) is 5.91 Å². The summed E-state index contributed by atoms with van der Waals surface area (Å²) in [6.07, 6.45) is 1.66. The van der Waals surface area contributed by atoms with Crippen LogP contribution in [-0.2, 0) is 6.54 Å². The van der Waals surface area contributed by atoms with Crippen molar-refractivity contribution < 1.29 is 4.79 Å². The Morgan fingerprint density at radius 1 is 1.27 bits per heavy atom. The number of carbonyl (C=O) groups excluding carboxylic acids is 1. The van der Waals surface area contributed by atoms with Crippen molar-refractivity contribution in [2.45, 2.75) is 6.54 Å². The lowest BCUT2D eigenvalue weighted by molar-refractivity contribution is 0.0785. The molecule has 1 amide bonds. The van der Waals surface area contributed by atoms with Gasteiger partial charge in [-0.1, -0.05) is 6.07 Å². The number of amides is 1. The summed E-state index contributed by atoms with van der Waals surface area (Å²) in [6.45, 7) is 0.504. The Morgan fingerprint density at radius 3 is 2.91 bits per heavy atom. The van der Waals surface area contributed by atoms with Gasteiger partial charge in [0, 0.05) is 26.8 Å². The fourth-order valence-corrected chi connectivity index (χ4v) is 2.77. The smallest absolute Gasteiger partial charge is 0.257 e. The standard InChI is InChI=1S/C15H15N5OS/c1-16-14-11(4-3-7-17-14)15(21)20(2)9-10-5-6-12-13(8-10)19-22-18-12/h3-8H,9H2,1-2H3,(H,16,17). The highest BCUT2D eigenvalue weighted by Crippen LogP contribution is 2.17. The lowest BCUT2D eigenvalue weighted by atomic mass is 10.1. The van der Waals surface area contributed by atoms with Crippen LogP contribution in [0.5, 0.6) is 0 Å². The van der Waals surface area contributed by atoms with E-state index in [1.807, 2.05) is 18.2 Å². The Balaban J connectivity index is 1.81. The van der Waals surface area contributed by atoms with Gasteiger partial charge in [-0.15, -0.1) is 0 Å². The molecule has 0 radical (unpaired) electrons. The topological polar surface area (TPSA) is 71.0 Å². The van der Waals surface area contributed by atoms with E-state index in [1.54, 1.807) is 37.3 Å². The average Bonchev–Trinajstić information content (AvgIpc) is 3.01. The van der Waals surface area contributed by atoms with Gasteiger partial charge in [0.1, 0.15) is 16.9 Å². The summed E-state index contributed by atoms with van der Waals surface area (Å²) in [7, 11) is 3.53. The second kappa shape index (κ2) is 6.07. The summed E-state index contributed by atoms with van der Waals surface area (Å²) in [6, 6.07) is 9.39. The number of benzene rings is 1. The van der Waals surface area contributed by atoms with Crippen molar-refractivity contribution in [2.75, 3.05) is 19.4 Å². The first kappa shape index (κ1) is 14.4. The summed E-state index contributed by atoms with van der Waals surface area (Å²) in [4.78, 5) is 18.4. The molecule has 1 N–H and O–H groups in total. The quantitative estimate of drug-likeness (QED) is 0.801. The van der Waals surface area contributed by atoms with Crippen molar-refractivity contribution in [3.8, 4) is 0 Å². The molecule has 0 saturated carbocycles. The molecule has 6 nitrogen and oxygen atoms in total. The number of aromatic nitrogens is 3. The van der Waals surface area contributed by atoms with Gasteiger partial charge in [-0.05, 0) is 29.8 Å². The van der Waals surface area contributed by atoms with Crippen LogP contribution in [0.15, 0.2) is 36.5 Å². The van der Waals surface area contributed by atoms with E-state index in [0.29, 0.717) is 17.9 Å². The molecule has 3 rings (SSSR count). The molecule has 0 bridgehead atoms. The number of rotatable bonds is 4. The fourth-order valence-electron chi connectivity index (χ4n) is 2.25. The number of hydrogen-bond donors (Lipinski definition) is 1. The number of carbonyl (C=O) groups is 1. The van der Waals surface area contributed by atoms with Crippen molar-refractivity contribution in [3.63, 3.8) is 0 Å². The third-order valence-electron chi connectivity index (χ3n) is 3.36. The van der Waals surface area contributed by atoms with Crippen molar-refractivity contribution >= 4 is 34.5 Å². The zero-order valence-electron chi connectivity index (χ0n) is 12.3.